The maximum atomic E-state index is 12.3. The average Bonchev–Trinajstić information content (AvgIpc) is 2.85. The van der Waals surface area contributed by atoms with E-state index in [2.05, 4.69) is 4.98 Å². The zero-order valence-corrected chi connectivity index (χ0v) is 11.3. The van der Waals surface area contributed by atoms with Gasteiger partial charge in [-0.15, -0.1) is 0 Å². The molecule has 1 aromatic heterocycles. The average molecular weight is 293 g/mol. The van der Waals surface area contributed by atoms with Gasteiger partial charge in [0.05, 0.1) is 17.5 Å². The number of nitrogens with zero attached hydrogens (tertiary/aromatic N) is 1. The van der Waals surface area contributed by atoms with E-state index in [-0.39, 0.29) is 16.0 Å². The second kappa shape index (κ2) is 5.00. The summed E-state index contributed by atoms with van der Waals surface area (Å²) >= 11 is 5.63. The standard InChI is InChI=1S/C10H13ClN2O4S/c1-13(7-2-3-17-6-7)18(15,16)8-4-9(11)10(14)12-5-8/h4-5,7H,2-3,6H2,1H3,(H,12,14). The number of aromatic nitrogens is 1. The van der Waals surface area contributed by atoms with E-state index in [1.54, 1.807) is 0 Å². The van der Waals surface area contributed by atoms with Crippen LogP contribution in [0.3, 0.4) is 0 Å². The van der Waals surface area contributed by atoms with Crippen molar-refractivity contribution in [3.05, 3.63) is 27.6 Å². The van der Waals surface area contributed by atoms with Crippen LogP contribution in [0.4, 0.5) is 0 Å². The van der Waals surface area contributed by atoms with Crippen molar-refractivity contribution in [2.24, 2.45) is 0 Å². The number of nitrogens with one attached hydrogen (secondary N) is 1. The lowest BCUT2D eigenvalue weighted by atomic mass is 10.3. The second-order valence-electron chi connectivity index (χ2n) is 4.05. The van der Waals surface area contributed by atoms with Crippen molar-refractivity contribution in [2.45, 2.75) is 17.4 Å². The molecule has 1 aromatic rings. The first kappa shape index (κ1) is 13.5. The molecule has 2 heterocycles. The van der Waals surface area contributed by atoms with Crippen LogP contribution in [0, 0.1) is 0 Å². The van der Waals surface area contributed by atoms with Crippen LogP contribution in [0.2, 0.25) is 5.02 Å². The first-order valence-corrected chi connectivity index (χ1v) is 7.19. The Balaban J connectivity index is 2.34. The van der Waals surface area contributed by atoms with E-state index >= 15 is 0 Å². The molecule has 1 saturated heterocycles. The fourth-order valence-electron chi connectivity index (χ4n) is 1.76. The molecule has 100 valence electrons. The van der Waals surface area contributed by atoms with Crippen LogP contribution in [-0.4, -0.2) is 44.0 Å². The van der Waals surface area contributed by atoms with Gasteiger partial charge in [0, 0.05) is 19.9 Å². The zero-order valence-electron chi connectivity index (χ0n) is 9.72. The van der Waals surface area contributed by atoms with Crippen LogP contribution in [0.1, 0.15) is 6.42 Å². The topological polar surface area (TPSA) is 79.5 Å². The molecule has 1 unspecified atom stereocenters. The molecule has 0 spiro atoms. The van der Waals surface area contributed by atoms with Gasteiger partial charge in [0.25, 0.3) is 5.56 Å². The number of ether oxygens (including phenoxy) is 1. The van der Waals surface area contributed by atoms with E-state index in [9.17, 15) is 13.2 Å². The quantitative estimate of drug-likeness (QED) is 0.876. The van der Waals surface area contributed by atoms with Crippen molar-refractivity contribution < 1.29 is 13.2 Å². The SMILES string of the molecule is CN(C1CCOC1)S(=O)(=O)c1c[nH]c(=O)c(Cl)c1. The van der Waals surface area contributed by atoms with E-state index in [0.717, 1.165) is 12.3 Å². The first-order chi connectivity index (χ1) is 8.43. The zero-order chi connectivity index (χ0) is 13.3. The summed E-state index contributed by atoms with van der Waals surface area (Å²) in [4.78, 5) is 13.4. The number of hydrogen-bond acceptors (Lipinski definition) is 4. The van der Waals surface area contributed by atoms with Crippen molar-refractivity contribution >= 4 is 21.6 Å². The van der Waals surface area contributed by atoms with Gasteiger partial charge in [0.15, 0.2) is 0 Å². The number of hydrogen-bond donors (Lipinski definition) is 1. The van der Waals surface area contributed by atoms with Crippen molar-refractivity contribution in [3.63, 3.8) is 0 Å². The predicted octanol–water partition coefficient (Wildman–Crippen LogP) is 0.438. The molecule has 6 nitrogen and oxygen atoms in total. The minimum absolute atomic E-state index is 0.0264. The monoisotopic (exact) mass is 292 g/mol. The van der Waals surface area contributed by atoms with Crippen LogP contribution >= 0.6 is 11.6 Å². The van der Waals surface area contributed by atoms with Gasteiger partial charge in [-0.1, -0.05) is 11.6 Å². The number of pyridine rings is 1. The van der Waals surface area contributed by atoms with Crippen LogP contribution in [0.5, 0.6) is 0 Å². The van der Waals surface area contributed by atoms with Crippen molar-refractivity contribution in [1.29, 1.82) is 0 Å². The lowest BCUT2D eigenvalue weighted by molar-refractivity contribution is 0.181. The van der Waals surface area contributed by atoms with Gasteiger partial charge in [-0.05, 0) is 12.5 Å². The smallest absolute Gasteiger partial charge is 0.266 e. The second-order valence-corrected chi connectivity index (χ2v) is 6.46. The fourth-order valence-corrected chi connectivity index (χ4v) is 3.36. The predicted molar refractivity (Wildman–Crippen MR) is 66.2 cm³/mol. The summed E-state index contributed by atoms with van der Waals surface area (Å²) in [6.45, 7) is 0.934. The third-order valence-corrected chi connectivity index (χ3v) is 5.10. The number of aromatic amines is 1. The van der Waals surface area contributed by atoms with Gasteiger partial charge in [-0.2, -0.15) is 4.31 Å². The summed E-state index contributed by atoms with van der Waals surface area (Å²) in [6.07, 6.45) is 1.81. The Hall–Kier alpha value is -0.890. The minimum atomic E-state index is -3.66. The summed E-state index contributed by atoms with van der Waals surface area (Å²) < 4.78 is 31.0. The van der Waals surface area contributed by atoms with Crippen molar-refractivity contribution in [3.8, 4) is 0 Å². The van der Waals surface area contributed by atoms with Crippen LogP contribution < -0.4 is 5.56 Å². The van der Waals surface area contributed by atoms with E-state index in [0.29, 0.717) is 19.6 Å². The maximum absolute atomic E-state index is 12.3. The van der Waals surface area contributed by atoms with Gasteiger partial charge < -0.3 is 9.72 Å². The molecule has 1 aliphatic rings. The Morgan fingerprint density at radius 2 is 2.28 bits per heavy atom. The fraction of sp³-hybridized carbons (Fsp3) is 0.500. The molecule has 1 N–H and O–H groups in total. The lowest BCUT2D eigenvalue weighted by Gasteiger charge is -2.22. The molecule has 1 atom stereocenters. The molecule has 1 aliphatic heterocycles. The van der Waals surface area contributed by atoms with E-state index in [1.165, 1.54) is 11.4 Å². The third kappa shape index (κ3) is 2.44. The van der Waals surface area contributed by atoms with E-state index in [4.69, 9.17) is 16.3 Å². The Kier molecular flexibility index (Phi) is 3.76. The molecule has 0 aromatic carbocycles. The van der Waals surface area contributed by atoms with Gasteiger partial charge >= 0.3 is 0 Å². The van der Waals surface area contributed by atoms with E-state index in [1.807, 2.05) is 0 Å². The van der Waals surface area contributed by atoms with Crippen LogP contribution in [0.25, 0.3) is 0 Å². The number of likely N-dealkylation sites (N-methyl/N-ethyl adjacent to an activating group) is 1. The molecular weight excluding hydrogens is 280 g/mol. The van der Waals surface area contributed by atoms with E-state index < -0.39 is 15.6 Å². The molecule has 8 heteroatoms. The first-order valence-electron chi connectivity index (χ1n) is 5.37. The number of rotatable bonds is 3. The molecule has 1 fully saturated rings. The third-order valence-electron chi connectivity index (χ3n) is 2.93. The molecule has 0 saturated carbocycles. The van der Waals surface area contributed by atoms with Gasteiger partial charge in [0.2, 0.25) is 10.0 Å². The summed E-state index contributed by atoms with van der Waals surface area (Å²) in [5.41, 5.74) is -0.512. The highest BCUT2D eigenvalue weighted by molar-refractivity contribution is 7.89. The Bertz CT molecular complexity index is 592. The highest BCUT2D eigenvalue weighted by Gasteiger charge is 2.31. The highest BCUT2D eigenvalue weighted by atomic mass is 35.5. The molecule has 18 heavy (non-hydrogen) atoms. The number of halogens is 1. The molecule has 0 aliphatic carbocycles. The summed E-state index contributed by atoms with van der Waals surface area (Å²) in [5.74, 6) is 0. The molecule has 0 amide bonds. The van der Waals surface area contributed by atoms with Gasteiger partial charge in [-0.3, -0.25) is 4.79 Å². The summed E-state index contributed by atoms with van der Waals surface area (Å²) in [6, 6.07) is 0.975. The molecule has 0 bridgehead atoms. The minimum Gasteiger partial charge on any atom is -0.380 e. The lowest BCUT2D eigenvalue weighted by Crippen LogP contribution is -2.37. The summed E-state index contributed by atoms with van der Waals surface area (Å²) in [7, 11) is -2.17. The van der Waals surface area contributed by atoms with Crippen molar-refractivity contribution in [2.75, 3.05) is 20.3 Å². The largest absolute Gasteiger partial charge is 0.380 e. The highest BCUT2D eigenvalue weighted by Crippen LogP contribution is 2.21. The Labute approximate surface area is 110 Å². The van der Waals surface area contributed by atoms with Crippen LogP contribution in [-0.2, 0) is 14.8 Å². The van der Waals surface area contributed by atoms with Gasteiger partial charge in [0.1, 0.15) is 5.02 Å². The molecule has 0 radical (unpaired) electrons. The maximum Gasteiger partial charge on any atom is 0.266 e. The van der Waals surface area contributed by atoms with Gasteiger partial charge in [-0.25, -0.2) is 8.42 Å². The Morgan fingerprint density at radius 1 is 1.56 bits per heavy atom. The Morgan fingerprint density at radius 3 is 2.83 bits per heavy atom. The van der Waals surface area contributed by atoms with Crippen LogP contribution in [0.15, 0.2) is 22.0 Å². The summed E-state index contributed by atoms with van der Waals surface area (Å²) in [5, 5.41) is -0.146. The normalized spacial score (nSPS) is 20.5. The number of H-pyrrole nitrogens is 1. The molecular formula is C10H13ClN2O4S. The van der Waals surface area contributed by atoms with Crippen molar-refractivity contribution in [1.82, 2.24) is 9.29 Å². The number of sulfonamides is 1. The molecule has 2 rings (SSSR count).